The van der Waals surface area contributed by atoms with E-state index in [2.05, 4.69) is 25.1 Å². The summed E-state index contributed by atoms with van der Waals surface area (Å²) in [4.78, 5) is 24.5. The Kier molecular flexibility index (Phi) is 5.60. The number of carbonyl (C=O) groups excluding carboxylic acids is 1. The van der Waals surface area contributed by atoms with Crippen molar-refractivity contribution in [2.24, 2.45) is 0 Å². The Hall–Kier alpha value is -3.55. The zero-order chi connectivity index (χ0) is 20.1. The number of anilines is 1. The Bertz CT molecular complexity index is 939. The van der Waals surface area contributed by atoms with Crippen LogP contribution in [0.4, 0.5) is 5.82 Å². The Morgan fingerprint density at radius 1 is 1.00 bits per heavy atom. The molecule has 0 radical (unpaired) electrons. The van der Waals surface area contributed by atoms with Gasteiger partial charge in [-0.2, -0.15) is 0 Å². The summed E-state index contributed by atoms with van der Waals surface area (Å²) < 4.78 is 5.47. The molecule has 148 valence electrons. The number of carbonyl (C=O) groups is 1. The van der Waals surface area contributed by atoms with Crippen LogP contribution in [0.25, 0.3) is 11.3 Å². The summed E-state index contributed by atoms with van der Waals surface area (Å²) in [6.07, 6.45) is 4.59. The number of benzene rings is 1. The molecule has 0 N–H and O–H groups in total. The summed E-state index contributed by atoms with van der Waals surface area (Å²) in [6, 6.07) is 11.8. The molecule has 29 heavy (non-hydrogen) atoms. The summed E-state index contributed by atoms with van der Waals surface area (Å²) in [5.41, 5.74) is 2.18. The van der Waals surface area contributed by atoms with E-state index in [9.17, 15) is 4.79 Å². The minimum atomic E-state index is -0.0883. The summed E-state index contributed by atoms with van der Waals surface area (Å²) in [7, 11) is 0. The van der Waals surface area contributed by atoms with E-state index in [0.29, 0.717) is 38.5 Å². The molecule has 1 aromatic carbocycles. The maximum atomic E-state index is 12.5. The monoisotopic (exact) mass is 390 g/mol. The van der Waals surface area contributed by atoms with E-state index in [0.717, 1.165) is 22.8 Å². The van der Waals surface area contributed by atoms with Gasteiger partial charge in [0.25, 0.3) is 5.91 Å². The van der Waals surface area contributed by atoms with Crippen LogP contribution in [0, 0.1) is 0 Å². The molecule has 1 fully saturated rings. The van der Waals surface area contributed by atoms with Crippen LogP contribution in [0.5, 0.6) is 5.75 Å². The van der Waals surface area contributed by atoms with Crippen LogP contribution in [0.1, 0.15) is 17.4 Å². The average molecular weight is 390 g/mol. The fourth-order valence-electron chi connectivity index (χ4n) is 3.25. The molecular weight excluding hydrogens is 368 g/mol. The standard InChI is InChI=1S/C21H22N6O2/c1-2-29-17-5-3-16(4-6-17)18-7-8-20(25-24-18)26-11-13-27(14-12-26)21(28)19-15-22-9-10-23-19/h3-10,15H,2,11-14H2,1H3. The fourth-order valence-corrected chi connectivity index (χ4v) is 3.25. The molecule has 8 heteroatoms. The molecule has 1 amide bonds. The SMILES string of the molecule is CCOc1ccc(-c2ccc(N3CCN(C(=O)c4cnccn4)CC3)nn2)cc1. The van der Waals surface area contributed by atoms with Crippen molar-refractivity contribution in [1.29, 1.82) is 0 Å². The molecule has 8 nitrogen and oxygen atoms in total. The normalized spacial score (nSPS) is 14.0. The molecule has 1 saturated heterocycles. The van der Waals surface area contributed by atoms with Gasteiger partial charge in [-0.15, -0.1) is 10.2 Å². The molecule has 1 aliphatic rings. The lowest BCUT2D eigenvalue weighted by Gasteiger charge is -2.34. The molecule has 0 atom stereocenters. The summed E-state index contributed by atoms with van der Waals surface area (Å²) >= 11 is 0. The van der Waals surface area contributed by atoms with E-state index in [1.165, 1.54) is 12.4 Å². The zero-order valence-electron chi connectivity index (χ0n) is 16.2. The van der Waals surface area contributed by atoms with Gasteiger partial charge in [-0.3, -0.25) is 9.78 Å². The molecule has 3 aromatic rings. The first-order chi connectivity index (χ1) is 14.2. The van der Waals surface area contributed by atoms with Crippen LogP contribution < -0.4 is 9.64 Å². The Balaban J connectivity index is 1.37. The van der Waals surface area contributed by atoms with Crippen molar-refractivity contribution in [2.75, 3.05) is 37.7 Å². The molecule has 0 saturated carbocycles. The first kappa shape index (κ1) is 18.8. The third-order valence-corrected chi connectivity index (χ3v) is 4.78. The third kappa shape index (κ3) is 4.31. The van der Waals surface area contributed by atoms with Crippen molar-refractivity contribution >= 4 is 11.7 Å². The fraction of sp³-hybridized carbons (Fsp3) is 0.286. The van der Waals surface area contributed by atoms with Crippen LogP contribution >= 0.6 is 0 Å². The first-order valence-corrected chi connectivity index (χ1v) is 9.62. The summed E-state index contributed by atoms with van der Waals surface area (Å²) in [6.45, 7) is 5.22. The van der Waals surface area contributed by atoms with Gasteiger partial charge < -0.3 is 14.5 Å². The van der Waals surface area contributed by atoms with Gasteiger partial charge in [-0.25, -0.2) is 4.98 Å². The van der Waals surface area contributed by atoms with E-state index in [-0.39, 0.29) is 5.91 Å². The van der Waals surface area contributed by atoms with Gasteiger partial charge in [0.2, 0.25) is 0 Å². The molecule has 2 aromatic heterocycles. The predicted octanol–water partition coefficient (Wildman–Crippen LogP) is 2.29. The maximum Gasteiger partial charge on any atom is 0.274 e. The highest BCUT2D eigenvalue weighted by Crippen LogP contribution is 2.22. The Morgan fingerprint density at radius 2 is 1.79 bits per heavy atom. The van der Waals surface area contributed by atoms with Crippen LogP contribution in [0.2, 0.25) is 0 Å². The lowest BCUT2D eigenvalue weighted by molar-refractivity contribution is 0.0740. The maximum absolute atomic E-state index is 12.5. The lowest BCUT2D eigenvalue weighted by Crippen LogP contribution is -2.49. The van der Waals surface area contributed by atoms with Gasteiger partial charge in [0.15, 0.2) is 5.82 Å². The molecule has 0 aliphatic carbocycles. The van der Waals surface area contributed by atoms with Crippen molar-refractivity contribution in [3.8, 4) is 17.0 Å². The second-order valence-electron chi connectivity index (χ2n) is 6.60. The van der Waals surface area contributed by atoms with E-state index in [4.69, 9.17) is 4.74 Å². The van der Waals surface area contributed by atoms with Crippen molar-refractivity contribution < 1.29 is 9.53 Å². The van der Waals surface area contributed by atoms with Crippen LogP contribution in [0.3, 0.4) is 0 Å². The zero-order valence-corrected chi connectivity index (χ0v) is 16.2. The lowest BCUT2D eigenvalue weighted by atomic mass is 10.1. The number of nitrogens with zero attached hydrogens (tertiary/aromatic N) is 6. The van der Waals surface area contributed by atoms with Gasteiger partial charge in [-0.05, 0) is 43.3 Å². The van der Waals surface area contributed by atoms with Gasteiger partial charge >= 0.3 is 0 Å². The minimum absolute atomic E-state index is 0.0883. The number of rotatable bonds is 5. The van der Waals surface area contributed by atoms with Crippen molar-refractivity contribution in [2.45, 2.75) is 6.92 Å². The van der Waals surface area contributed by atoms with Gasteiger partial charge in [0.1, 0.15) is 11.4 Å². The molecule has 0 bridgehead atoms. The first-order valence-electron chi connectivity index (χ1n) is 9.62. The molecule has 3 heterocycles. The summed E-state index contributed by atoms with van der Waals surface area (Å²) in [5, 5.41) is 8.75. The Morgan fingerprint density at radius 3 is 2.41 bits per heavy atom. The van der Waals surface area contributed by atoms with Crippen LogP contribution in [-0.2, 0) is 0 Å². The van der Waals surface area contributed by atoms with Crippen LogP contribution in [-0.4, -0.2) is 63.8 Å². The number of piperazine rings is 1. The third-order valence-electron chi connectivity index (χ3n) is 4.78. The number of amides is 1. The molecule has 0 unspecified atom stereocenters. The van der Waals surface area contributed by atoms with Crippen molar-refractivity contribution in [3.05, 3.63) is 60.7 Å². The highest BCUT2D eigenvalue weighted by molar-refractivity contribution is 5.92. The second kappa shape index (κ2) is 8.64. The number of hydrogen-bond donors (Lipinski definition) is 0. The Labute approximate surface area is 169 Å². The summed E-state index contributed by atoms with van der Waals surface area (Å²) in [5.74, 6) is 1.57. The highest BCUT2D eigenvalue weighted by Gasteiger charge is 2.23. The van der Waals surface area contributed by atoms with Gasteiger partial charge in [-0.1, -0.05) is 0 Å². The molecular formula is C21H22N6O2. The largest absolute Gasteiger partial charge is 0.494 e. The van der Waals surface area contributed by atoms with Gasteiger partial charge in [0, 0.05) is 44.1 Å². The highest BCUT2D eigenvalue weighted by atomic mass is 16.5. The quantitative estimate of drug-likeness (QED) is 0.661. The van der Waals surface area contributed by atoms with Crippen molar-refractivity contribution in [3.63, 3.8) is 0 Å². The van der Waals surface area contributed by atoms with E-state index in [1.807, 2.05) is 43.3 Å². The van der Waals surface area contributed by atoms with Crippen LogP contribution in [0.15, 0.2) is 55.0 Å². The van der Waals surface area contributed by atoms with Crippen molar-refractivity contribution in [1.82, 2.24) is 25.1 Å². The molecule has 0 spiro atoms. The van der Waals surface area contributed by atoms with E-state index in [1.54, 1.807) is 11.1 Å². The average Bonchev–Trinajstić information content (AvgIpc) is 2.80. The number of ether oxygens (including phenoxy) is 1. The van der Waals surface area contributed by atoms with Gasteiger partial charge in [0.05, 0.1) is 18.5 Å². The van der Waals surface area contributed by atoms with E-state index < -0.39 is 0 Å². The number of hydrogen-bond acceptors (Lipinski definition) is 7. The molecule has 4 rings (SSSR count). The smallest absolute Gasteiger partial charge is 0.274 e. The van der Waals surface area contributed by atoms with E-state index >= 15 is 0 Å². The molecule has 1 aliphatic heterocycles. The minimum Gasteiger partial charge on any atom is -0.494 e. The second-order valence-corrected chi connectivity index (χ2v) is 6.60. The topological polar surface area (TPSA) is 84.3 Å². The number of aromatic nitrogens is 4. The predicted molar refractivity (Wildman–Crippen MR) is 109 cm³/mol.